The van der Waals surface area contributed by atoms with E-state index in [0.29, 0.717) is 31.8 Å². The molecule has 22 heavy (non-hydrogen) atoms. The monoisotopic (exact) mass is 319 g/mol. The maximum Gasteiger partial charge on any atom is 0.273 e. The fourth-order valence-corrected chi connectivity index (χ4v) is 2.74. The largest absolute Gasteiger partial charge is 0.492 e. The quantitative estimate of drug-likeness (QED) is 0.848. The highest BCUT2D eigenvalue weighted by Gasteiger charge is 2.15. The molecule has 0 radical (unpaired) electrons. The van der Waals surface area contributed by atoms with E-state index in [4.69, 9.17) is 10.5 Å². The molecule has 0 aliphatic rings. The molecule has 2 aromatic rings. The normalized spacial score (nSPS) is 10.5. The van der Waals surface area contributed by atoms with Crippen LogP contribution < -0.4 is 10.5 Å². The number of rotatable bonds is 7. The van der Waals surface area contributed by atoms with Crippen LogP contribution in [0.3, 0.4) is 0 Å². The SMILES string of the molecule is Cc1cccc(OCCN(C)C(=O)c2csc(CCN)n2)c1. The summed E-state index contributed by atoms with van der Waals surface area (Å²) in [6, 6.07) is 7.85. The summed E-state index contributed by atoms with van der Waals surface area (Å²) in [7, 11) is 1.75. The average Bonchev–Trinajstić information content (AvgIpc) is 2.95. The third-order valence-electron chi connectivity index (χ3n) is 3.16. The molecule has 0 atom stereocenters. The lowest BCUT2D eigenvalue weighted by molar-refractivity contribution is 0.0768. The van der Waals surface area contributed by atoms with Gasteiger partial charge in [0.2, 0.25) is 0 Å². The molecule has 0 bridgehead atoms. The maximum absolute atomic E-state index is 12.2. The minimum absolute atomic E-state index is 0.0904. The van der Waals surface area contributed by atoms with Crippen LogP contribution in [0, 0.1) is 6.92 Å². The Bertz CT molecular complexity index is 627. The van der Waals surface area contributed by atoms with Crippen molar-refractivity contribution in [3.05, 3.63) is 45.9 Å². The summed E-state index contributed by atoms with van der Waals surface area (Å²) in [4.78, 5) is 18.2. The van der Waals surface area contributed by atoms with Crippen molar-refractivity contribution >= 4 is 17.2 Å². The smallest absolute Gasteiger partial charge is 0.273 e. The van der Waals surface area contributed by atoms with Gasteiger partial charge in [0.25, 0.3) is 5.91 Å². The second-order valence-electron chi connectivity index (χ2n) is 5.06. The van der Waals surface area contributed by atoms with Gasteiger partial charge in [0.1, 0.15) is 18.1 Å². The zero-order chi connectivity index (χ0) is 15.9. The van der Waals surface area contributed by atoms with E-state index in [1.807, 2.05) is 31.2 Å². The third-order valence-corrected chi connectivity index (χ3v) is 4.07. The fourth-order valence-electron chi connectivity index (χ4n) is 1.95. The van der Waals surface area contributed by atoms with E-state index in [-0.39, 0.29) is 5.91 Å². The first kappa shape index (κ1) is 16.5. The molecular weight excluding hydrogens is 298 g/mol. The summed E-state index contributed by atoms with van der Waals surface area (Å²) < 4.78 is 5.66. The molecular formula is C16H21N3O2S. The number of ether oxygens (including phenoxy) is 1. The first-order valence-electron chi connectivity index (χ1n) is 7.19. The molecule has 1 heterocycles. The molecule has 6 heteroatoms. The average molecular weight is 319 g/mol. The molecule has 0 fully saturated rings. The molecule has 0 aliphatic heterocycles. The van der Waals surface area contributed by atoms with E-state index < -0.39 is 0 Å². The Balaban J connectivity index is 1.83. The Kier molecular flexibility index (Phi) is 5.91. The van der Waals surface area contributed by atoms with Gasteiger partial charge in [0.05, 0.1) is 11.6 Å². The fraction of sp³-hybridized carbons (Fsp3) is 0.375. The number of nitrogens with two attached hydrogens (primary N) is 1. The number of aryl methyl sites for hydroxylation is 1. The number of benzene rings is 1. The zero-order valence-electron chi connectivity index (χ0n) is 12.9. The van der Waals surface area contributed by atoms with Crippen molar-refractivity contribution in [1.82, 2.24) is 9.88 Å². The van der Waals surface area contributed by atoms with Gasteiger partial charge in [0.15, 0.2) is 0 Å². The summed E-state index contributed by atoms with van der Waals surface area (Å²) in [5.41, 5.74) is 7.12. The van der Waals surface area contributed by atoms with Crippen LogP contribution in [0.5, 0.6) is 5.75 Å². The van der Waals surface area contributed by atoms with Gasteiger partial charge < -0.3 is 15.4 Å². The van der Waals surface area contributed by atoms with Gasteiger partial charge in [-0.05, 0) is 31.2 Å². The molecule has 0 saturated carbocycles. The lowest BCUT2D eigenvalue weighted by Gasteiger charge is -2.16. The minimum atomic E-state index is -0.0904. The second kappa shape index (κ2) is 7.91. The number of carbonyl (C=O) groups is 1. The molecule has 5 nitrogen and oxygen atoms in total. The highest BCUT2D eigenvalue weighted by molar-refractivity contribution is 7.09. The molecule has 2 N–H and O–H groups in total. The number of nitrogens with zero attached hydrogens (tertiary/aromatic N) is 2. The Morgan fingerprint density at radius 3 is 3.00 bits per heavy atom. The van der Waals surface area contributed by atoms with Crippen LogP contribution in [0.4, 0.5) is 0 Å². The van der Waals surface area contributed by atoms with Gasteiger partial charge in [-0.3, -0.25) is 4.79 Å². The highest BCUT2D eigenvalue weighted by atomic mass is 32.1. The van der Waals surface area contributed by atoms with E-state index in [2.05, 4.69) is 4.98 Å². The summed E-state index contributed by atoms with van der Waals surface area (Å²) in [6.45, 7) is 3.52. The molecule has 118 valence electrons. The highest BCUT2D eigenvalue weighted by Crippen LogP contribution is 2.13. The van der Waals surface area contributed by atoms with Crippen molar-refractivity contribution in [2.24, 2.45) is 5.73 Å². The molecule has 1 amide bonds. The predicted octanol–water partition coefficient (Wildman–Crippen LogP) is 2.10. The van der Waals surface area contributed by atoms with Gasteiger partial charge in [-0.25, -0.2) is 4.98 Å². The number of hydrogen-bond donors (Lipinski definition) is 1. The minimum Gasteiger partial charge on any atom is -0.492 e. The lowest BCUT2D eigenvalue weighted by Crippen LogP contribution is -2.31. The van der Waals surface area contributed by atoms with Crippen molar-refractivity contribution in [1.29, 1.82) is 0 Å². The van der Waals surface area contributed by atoms with Gasteiger partial charge >= 0.3 is 0 Å². The number of aromatic nitrogens is 1. The number of hydrogen-bond acceptors (Lipinski definition) is 5. The van der Waals surface area contributed by atoms with Gasteiger partial charge in [0, 0.05) is 18.8 Å². The Morgan fingerprint density at radius 1 is 1.45 bits per heavy atom. The summed E-state index contributed by atoms with van der Waals surface area (Å²) >= 11 is 1.47. The first-order chi connectivity index (χ1) is 10.6. The van der Waals surface area contributed by atoms with Gasteiger partial charge in [-0.15, -0.1) is 11.3 Å². The van der Waals surface area contributed by atoms with E-state index in [0.717, 1.165) is 16.3 Å². The third kappa shape index (κ3) is 4.54. The zero-order valence-corrected chi connectivity index (χ0v) is 13.7. The van der Waals surface area contributed by atoms with E-state index in [1.165, 1.54) is 11.3 Å². The molecule has 0 unspecified atom stereocenters. The van der Waals surface area contributed by atoms with Crippen LogP contribution in [0.1, 0.15) is 21.1 Å². The van der Waals surface area contributed by atoms with Crippen LogP contribution in [-0.2, 0) is 6.42 Å². The van der Waals surface area contributed by atoms with E-state index >= 15 is 0 Å². The second-order valence-corrected chi connectivity index (χ2v) is 6.00. The predicted molar refractivity (Wildman–Crippen MR) is 88.5 cm³/mol. The Morgan fingerprint density at radius 2 is 2.27 bits per heavy atom. The van der Waals surface area contributed by atoms with E-state index in [9.17, 15) is 4.79 Å². The lowest BCUT2D eigenvalue weighted by atomic mass is 10.2. The number of carbonyl (C=O) groups excluding carboxylic acids is 1. The van der Waals surface area contributed by atoms with Crippen molar-refractivity contribution in [2.45, 2.75) is 13.3 Å². The molecule has 1 aromatic carbocycles. The van der Waals surface area contributed by atoms with Gasteiger partial charge in [-0.2, -0.15) is 0 Å². The summed E-state index contributed by atoms with van der Waals surface area (Å²) in [5.74, 6) is 0.729. The first-order valence-corrected chi connectivity index (χ1v) is 8.07. The molecule has 1 aromatic heterocycles. The topological polar surface area (TPSA) is 68.5 Å². The van der Waals surface area contributed by atoms with Crippen LogP contribution in [-0.4, -0.2) is 42.5 Å². The van der Waals surface area contributed by atoms with Gasteiger partial charge in [-0.1, -0.05) is 12.1 Å². The number of amides is 1. The standard InChI is InChI=1S/C16H21N3O2S/c1-12-4-3-5-13(10-12)21-9-8-19(2)16(20)14-11-22-15(18-14)6-7-17/h3-5,10-11H,6-9,17H2,1-2H3. The molecule has 0 spiro atoms. The van der Waals surface area contributed by atoms with Crippen LogP contribution in [0.25, 0.3) is 0 Å². The summed E-state index contributed by atoms with van der Waals surface area (Å²) in [6.07, 6.45) is 0.706. The van der Waals surface area contributed by atoms with Crippen LogP contribution in [0.2, 0.25) is 0 Å². The molecule has 2 rings (SSSR count). The van der Waals surface area contributed by atoms with Crippen molar-refractivity contribution in [3.63, 3.8) is 0 Å². The Labute approximate surface area is 134 Å². The van der Waals surface area contributed by atoms with Crippen molar-refractivity contribution in [3.8, 4) is 5.75 Å². The number of thiazole rings is 1. The van der Waals surface area contributed by atoms with E-state index in [1.54, 1.807) is 17.3 Å². The summed E-state index contributed by atoms with van der Waals surface area (Å²) in [5, 5.41) is 2.68. The van der Waals surface area contributed by atoms with Crippen molar-refractivity contribution < 1.29 is 9.53 Å². The Hall–Kier alpha value is -1.92. The van der Waals surface area contributed by atoms with Crippen LogP contribution >= 0.6 is 11.3 Å². The number of likely N-dealkylation sites (N-methyl/N-ethyl adjacent to an activating group) is 1. The van der Waals surface area contributed by atoms with Crippen LogP contribution in [0.15, 0.2) is 29.6 Å². The molecule has 0 aliphatic carbocycles. The maximum atomic E-state index is 12.2. The van der Waals surface area contributed by atoms with Crippen molar-refractivity contribution in [2.75, 3.05) is 26.7 Å². The molecule has 0 saturated heterocycles.